The Balaban J connectivity index is 1.74. The molecule has 1 atom stereocenters. The van der Waals surface area contributed by atoms with Crippen molar-refractivity contribution in [2.75, 3.05) is 7.11 Å². The summed E-state index contributed by atoms with van der Waals surface area (Å²) in [6, 6.07) is 21.7. The van der Waals surface area contributed by atoms with Gasteiger partial charge < -0.3 is 9.64 Å². The SMILES string of the molecule is COc1ccc(N=C2C(=S)N(Cc3ccncc3)C(=S)C2c2ccccc2)cc1. The van der Waals surface area contributed by atoms with Gasteiger partial charge in [-0.15, -0.1) is 0 Å². The molecule has 1 aliphatic heterocycles. The molecule has 1 aliphatic rings. The van der Waals surface area contributed by atoms with Crippen LogP contribution in [0.4, 0.5) is 5.69 Å². The molecule has 0 amide bonds. The summed E-state index contributed by atoms with van der Waals surface area (Å²) in [4.78, 5) is 12.4. The zero-order valence-electron chi connectivity index (χ0n) is 15.9. The smallest absolute Gasteiger partial charge is 0.129 e. The summed E-state index contributed by atoms with van der Waals surface area (Å²) in [5.74, 6) is 0.639. The van der Waals surface area contributed by atoms with Crippen LogP contribution in [0.1, 0.15) is 17.0 Å². The highest BCUT2D eigenvalue weighted by molar-refractivity contribution is 7.83. The third-order valence-electron chi connectivity index (χ3n) is 4.80. The van der Waals surface area contributed by atoms with Gasteiger partial charge in [0.15, 0.2) is 0 Å². The highest BCUT2D eigenvalue weighted by atomic mass is 32.1. The molecule has 1 saturated heterocycles. The van der Waals surface area contributed by atoms with Crippen molar-refractivity contribution < 1.29 is 4.74 Å². The number of pyridine rings is 1. The van der Waals surface area contributed by atoms with E-state index in [2.05, 4.69) is 17.1 Å². The maximum absolute atomic E-state index is 5.87. The van der Waals surface area contributed by atoms with Crippen molar-refractivity contribution in [3.8, 4) is 5.75 Å². The molecule has 4 nitrogen and oxygen atoms in total. The van der Waals surface area contributed by atoms with Crippen molar-refractivity contribution in [3.05, 3.63) is 90.3 Å². The summed E-state index contributed by atoms with van der Waals surface area (Å²) in [6.45, 7) is 0.602. The number of hydrogen-bond donors (Lipinski definition) is 0. The summed E-state index contributed by atoms with van der Waals surface area (Å²) in [5, 5.41) is 0. The zero-order chi connectivity index (χ0) is 20.2. The van der Waals surface area contributed by atoms with Gasteiger partial charge in [-0.3, -0.25) is 4.98 Å². The van der Waals surface area contributed by atoms with Crippen molar-refractivity contribution >= 4 is 45.8 Å². The number of methoxy groups -OCH3 is 1. The highest BCUT2D eigenvalue weighted by Crippen LogP contribution is 2.33. The lowest BCUT2D eigenvalue weighted by atomic mass is 9.96. The Hall–Kier alpha value is -2.96. The lowest BCUT2D eigenvalue weighted by molar-refractivity contribution is 0.415. The molecule has 2 heterocycles. The Morgan fingerprint density at radius 2 is 1.66 bits per heavy atom. The molecule has 0 spiro atoms. The first-order valence-corrected chi connectivity index (χ1v) is 10.0. The summed E-state index contributed by atoms with van der Waals surface area (Å²) in [5.41, 5.74) is 3.81. The van der Waals surface area contributed by atoms with Gasteiger partial charge in [-0.1, -0.05) is 54.8 Å². The van der Waals surface area contributed by atoms with Crippen LogP contribution in [0, 0.1) is 0 Å². The molecule has 0 N–H and O–H groups in total. The van der Waals surface area contributed by atoms with E-state index in [-0.39, 0.29) is 5.92 Å². The third kappa shape index (κ3) is 4.09. The maximum Gasteiger partial charge on any atom is 0.129 e. The lowest BCUT2D eigenvalue weighted by Crippen LogP contribution is -2.28. The maximum atomic E-state index is 5.87. The number of ether oxygens (including phenoxy) is 1. The van der Waals surface area contributed by atoms with Gasteiger partial charge in [0.25, 0.3) is 0 Å². The van der Waals surface area contributed by atoms with Crippen LogP contribution < -0.4 is 4.74 Å². The molecule has 2 aromatic carbocycles. The molecule has 0 bridgehead atoms. The fourth-order valence-electron chi connectivity index (χ4n) is 3.31. The third-order valence-corrected chi connectivity index (χ3v) is 5.68. The summed E-state index contributed by atoms with van der Waals surface area (Å²) >= 11 is 11.7. The number of benzene rings is 2. The second kappa shape index (κ2) is 8.59. The van der Waals surface area contributed by atoms with Crippen LogP contribution in [0.5, 0.6) is 5.75 Å². The number of thiocarbonyl (C=S) groups is 2. The number of hydrogen-bond acceptors (Lipinski definition) is 5. The molecule has 0 saturated carbocycles. The Labute approximate surface area is 180 Å². The molecule has 144 valence electrons. The second-order valence-electron chi connectivity index (χ2n) is 6.62. The van der Waals surface area contributed by atoms with E-state index in [9.17, 15) is 0 Å². The largest absolute Gasteiger partial charge is 0.497 e. The van der Waals surface area contributed by atoms with E-state index in [1.54, 1.807) is 19.5 Å². The van der Waals surface area contributed by atoms with Gasteiger partial charge in [0.05, 0.1) is 29.4 Å². The van der Waals surface area contributed by atoms with Gasteiger partial charge in [-0.2, -0.15) is 0 Å². The lowest BCUT2D eigenvalue weighted by Gasteiger charge is -2.18. The average Bonchev–Trinajstić information content (AvgIpc) is 3.00. The van der Waals surface area contributed by atoms with E-state index in [0.29, 0.717) is 11.5 Å². The minimum absolute atomic E-state index is 0.150. The first kappa shape index (κ1) is 19.4. The monoisotopic (exact) mass is 417 g/mol. The molecule has 6 heteroatoms. The first-order chi connectivity index (χ1) is 14.2. The quantitative estimate of drug-likeness (QED) is 0.539. The van der Waals surface area contributed by atoms with Crippen LogP contribution in [0.25, 0.3) is 0 Å². The summed E-state index contributed by atoms with van der Waals surface area (Å²) in [6.07, 6.45) is 3.55. The minimum atomic E-state index is -0.150. The molecule has 0 radical (unpaired) electrons. The van der Waals surface area contributed by atoms with Crippen LogP contribution in [-0.4, -0.2) is 32.7 Å². The standard InChI is InChI=1S/C23H19N3OS2/c1-27-19-9-7-18(8-10-19)25-21-20(17-5-3-2-4-6-17)22(28)26(23(21)29)15-16-11-13-24-14-12-16/h2-14,20H,15H2,1H3. The molecule has 0 aliphatic carbocycles. The molecule has 3 aromatic rings. The van der Waals surface area contributed by atoms with Gasteiger partial charge in [0, 0.05) is 18.9 Å². The predicted molar refractivity (Wildman–Crippen MR) is 124 cm³/mol. The number of aliphatic imine (C=N–C) groups is 1. The number of nitrogens with zero attached hydrogens (tertiary/aromatic N) is 3. The Bertz CT molecular complexity index is 1050. The van der Waals surface area contributed by atoms with E-state index in [0.717, 1.165) is 33.3 Å². The molecule has 1 aromatic heterocycles. The van der Waals surface area contributed by atoms with Crippen LogP contribution in [0.2, 0.25) is 0 Å². The van der Waals surface area contributed by atoms with Crippen LogP contribution in [0.15, 0.2) is 84.1 Å². The van der Waals surface area contributed by atoms with E-state index >= 15 is 0 Å². The second-order valence-corrected chi connectivity index (χ2v) is 7.43. The fourth-order valence-corrected chi connectivity index (χ4v) is 4.10. The fraction of sp³-hybridized carbons (Fsp3) is 0.130. The number of rotatable bonds is 5. The van der Waals surface area contributed by atoms with Crippen LogP contribution in [0.3, 0.4) is 0 Å². The molecule has 1 unspecified atom stereocenters. The molecular formula is C23H19N3OS2. The van der Waals surface area contributed by atoms with Crippen molar-refractivity contribution in [1.29, 1.82) is 0 Å². The van der Waals surface area contributed by atoms with E-state index < -0.39 is 0 Å². The number of aromatic nitrogens is 1. The highest BCUT2D eigenvalue weighted by Gasteiger charge is 2.39. The zero-order valence-corrected chi connectivity index (χ0v) is 17.5. The molecule has 4 rings (SSSR count). The van der Waals surface area contributed by atoms with Crippen molar-refractivity contribution in [1.82, 2.24) is 9.88 Å². The van der Waals surface area contributed by atoms with E-state index in [4.69, 9.17) is 34.2 Å². The predicted octanol–water partition coefficient (Wildman–Crippen LogP) is 5.12. The minimum Gasteiger partial charge on any atom is -0.497 e. The van der Waals surface area contributed by atoms with Crippen LogP contribution in [-0.2, 0) is 6.54 Å². The van der Waals surface area contributed by atoms with E-state index in [1.807, 2.05) is 59.5 Å². The van der Waals surface area contributed by atoms with Crippen molar-refractivity contribution in [3.63, 3.8) is 0 Å². The number of likely N-dealkylation sites (tertiary alicyclic amines) is 1. The Morgan fingerprint density at radius 1 is 0.966 bits per heavy atom. The topological polar surface area (TPSA) is 37.7 Å². The molecule has 29 heavy (non-hydrogen) atoms. The van der Waals surface area contributed by atoms with Crippen molar-refractivity contribution in [2.45, 2.75) is 12.5 Å². The van der Waals surface area contributed by atoms with Crippen LogP contribution >= 0.6 is 24.4 Å². The van der Waals surface area contributed by atoms with Gasteiger partial charge in [-0.25, -0.2) is 4.99 Å². The molecule has 1 fully saturated rings. The first-order valence-electron chi connectivity index (χ1n) is 9.19. The summed E-state index contributed by atoms with van der Waals surface area (Å²) in [7, 11) is 1.65. The average molecular weight is 418 g/mol. The molecular weight excluding hydrogens is 398 g/mol. The Kier molecular flexibility index (Phi) is 5.74. The van der Waals surface area contributed by atoms with Gasteiger partial charge >= 0.3 is 0 Å². The van der Waals surface area contributed by atoms with Gasteiger partial charge in [0.1, 0.15) is 10.7 Å². The summed E-state index contributed by atoms with van der Waals surface area (Å²) < 4.78 is 5.24. The van der Waals surface area contributed by atoms with Gasteiger partial charge in [0.2, 0.25) is 0 Å². The normalized spacial score (nSPS) is 17.8. The van der Waals surface area contributed by atoms with E-state index in [1.165, 1.54) is 0 Å². The van der Waals surface area contributed by atoms with Gasteiger partial charge in [-0.05, 0) is 47.5 Å². The van der Waals surface area contributed by atoms with Crippen molar-refractivity contribution in [2.24, 2.45) is 4.99 Å². The Morgan fingerprint density at radius 3 is 2.31 bits per heavy atom.